The van der Waals surface area contributed by atoms with Crippen LogP contribution in [0.5, 0.6) is 0 Å². The van der Waals surface area contributed by atoms with Crippen molar-refractivity contribution in [1.82, 2.24) is 0 Å². The van der Waals surface area contributed by atoms with Crippen molar-refractivity contribution in [3.05, 3.63) is 12.3 Å². The molecule has 0 heterocycles. The summed E-state index contributed by atoms with van der Waals surface area (Å²) < 4.78 is 9.64. The first-order chi connectivity index (χ1) is 5.20. The fourth-order valence-electron chi connectivity index (χ4n) is 0.628. The molecule has 0 aliphatic carbocycles. The van der Waals surface area contributed by atoms with Crippen LogP contribution >= 0.6 is 0 Å². The summed E-state index contributed by atoms with van der Waals surface area (Å²) in [5.41, 5.74) is 0. The van der Waals surface area contributed by atoms with Crippen LogP contribution in [-0.4, -0.2) is 19.2 Å². The second kappa shape index (κ2) is 5.77. The zero-order chi connectivity index (χ0) is 8.69. The largest absolute Gasteiger partial charge is 0.498 e. The zero-order valence-corrected chi connectivity index (χ0v) is 7.05. The molecule has 0 saturated carbocycles. The molecule has 0 aromatic heterocycles. The van der Waals surface area contributed by atoms with Crippen LogP contribution in [0.1, 0.15) is 20.3 Å². The van der Waals surface area contributed by atoms with Gasteiger partial charge in [0.15, 0.2) is 0 Å². The molecular formula is C8H14O3. The van der Waals surface area contributed by atoms with E-state index in [1.807, 2.05) is 6.92 Å². The lowest BCUT2D eigenvalue weighted by Crippen LogP contribution is -2.06. The van der Waals surface area contributed by atoms with Gasteiger partial charge in [0.1, 0.15) is 6.42 Å². The first-order valence-electron chi connectivity index (χ1n) is 3.66. The Morgan fingerprint density at radius 1 is 1.27 bits per heavy atom. The highest BCUT2D eigenvalue weighted by Crippen LogP contribution is 2.00. The highest BCUT2D eigenvalue weighted by atomic mass is 16.5. The van der Waals surface area contributed by atoms with Gasteiger partial charge in [0.25, 0.3) is 0 Å². The Morgan fingerprint density at radius 2 is 1.82 bits per heavy atom. The molecule has 3 nitrogen and oxygen atoms in total. The van der Waals surface area contributed by atoms with Gasteiger partial charge >= 0.3 is 5.97 Å². The Morgan fingerprint density at radius 3 is 2.27 bits per heavy atom. The van der Waals surface area contributed by atoms with Crippen molar-refractivity contribution in [3.8, 4) is 0 Å². The first kappa shape index (κ1) is 10.0. The van der Waals surface area contributed by atoms with E-state index < -0.39 is 0 Å². The van der Waals surface area contributed by atoms with Crippen LogP contribution in [0.25, 0.3) is 0 Å². The molecule has 0 radical (unpaired) electrons. The molecule has 64 valence electrons. The number of carbonyl (C=O) groups excluding carboxylic acids is 1. The van der Waals surface area contributed by atoms with Crippen LogP contribution in [0.15, 0.2) is 12.3 Å². The lowest BCUT2D eigenvalue weighted by atomic mass is 10.4. The van der Waals surface area contributed by atoms with Gasteiger partial charge in [-0.05, 0) is 13.8 Å². The quantitative estimate of drug-likeness (QED) is 0.449. The van der Waals surface area contributed by atoms with Crippen molar-refractivity contribution in [3.63, 3.8) is 0 Å². The minimum Gasteiger partial charge on any atom is -0.498 e. The summed E-state index contributed by atoms with van der Waals surface area (Å²) in [6.07, 6.45) is 0.154. The second-order valence-corrected chi connectivity index (χ2v) is 1.95. The highest BCUT2D eigenvalue weighted by Gasteiger charge is 2.04. The second-order valence-electron chi connectivity index (χ2n) is 1.95. The maximum Gasteiger partial charge on any atom is 0.313 e. The minimum absolute atomic E-state index is 0.154. The van der Waals surface area contributed by atoms with Crippen molar-refractivity contribution in [1.29, 1.82) is 0 Å². The summed E-state index contributed by atoms with van der Waals surface area (Å²) in [7, 11) is 0. The Balaban J connectivity index is 3.49. The van der Waals surface area contributed by atoms with Crippen molar-refractivity contribution in [2.45, 2.75) is 20.3 Å². The number of rotatable bonds is 5. The molecule has 11 heavy (non-hydrogen) atoms. The molecule has 0 aliphatic rings. The van der Waals surface area contributed by atoms with Gasteiger partial charge in [-0.1, -0.05) is 6.58 Å². The lowest BCUT2D eigenvalue weighted by Gasteiger charge is -2.05. The first-order valence-corrected chi connectivity index (χ1v) is 3.66. The molecule has 0 aliphatic heterocycles. The van der Waals surface area contributed by atoms with Gasteiger partial charge in [0, 0.05) is 0 Å². The van der Waals surface area contributed by atoms with Gasteiger partial charge in [-0.2, -0.15) is 0 Å². The van der Waals surface area contributed by atoms with Crippen LogP contribution < -0.4 is 0 Å². The molecule has 0 spiro atoms. The van der Waals surface area contributed by atoms with E-state index in [0.717, 1.165) is 0 Å². The fraction of sp³-hybridized carbons (Fsp3) is 0.625. The third kappa shape index (κ3) is 5.45. The average Bonchev–Trinajstić information content (AvgIpc) is 1.87. The van der Waals surface area contributed by atoms with E-state index in [0.29, 0.717) is 19.0 Å². The third-order valence-corrected chi connectivity index (χ3v) is 0.995. The standard InChI is InChI=1S/C8H14O3/c1-4-10-7(3)6-8(9)11-5-2/h3-6H2,1-2H3. The summed E-state index contributed by atoms with van der Waals surface area (Å²) >= 11 is 0. The van der Waals surface area contributed by atoms with Crippen molar-refractivity contribution in [2.75, 3.05) is 13.2 Å². The monoisotopic (exact) mass is 158 g/mol. The van der Waals surface area contributed by atoms with Gasteiger partial charge in [0.05, 0.1) is 19.0 Å². The molecule has 0 aromatic carbocycles. The van der Waals surface area contributed by atoms with E-state index in [2.05, 4.69) is 11.3 Å². The molecule has 3 heteroatoms. The van der Waals surface area contributed by atoms with E-state index in [9.17, 15) is 4.79 Å². The van der Waals surface area contributed by atoms with Gasteiger partial charge < -0.3 is 9.47 Å². The number of hydrogen-bond acceptors (Lipinski definition) is 3. The molecule has 0 aromatic rings. The molecule has 0 fully saturated rings. The number of hydrogen-bond donors (Lipinski definition) is 0. The predicted octanol–water partition coefficient (Wildman–Crippen LogP) is 1.49. The Labute approximate surface area is 67.0 Å². The normalized spacial score (nSPS) is 8.91. The van der Waals surface area contributed by atoms with Gasteiger partial charge in [-0.15, -0.1) is 0 Å². The predicted molar refractivity (Wildman–Crippen MR) is 42.0 cm³/mol. The Bertz CT molecular complexity index is 124. The molecule has 0 bridgehead atoms. The molecule has 0 amide bonds. The van der Waals surface area contributed by atoms with Crippen LogP contribution in [0.3, 0.4) is 0 Å². The van der Waals surface area contributed by atoms with E-state index in [4.69, 9.17) is 4.74 Å². The van der Waals surface area contributed by atoms with E-state index >= 15 is 0 Å². The minimum atomic E-state index is -0.286. The zero-order valence-electron chi connectivity index (χ0n) is 7.05. The smallest absolute Gasteiger partial charge is 0.313 e. The van der Waals surface area contributed by atoms with Crippen molar-refractivity contribution in [2.24, 2.45) is 0 Å². The van der Waals surface area contributed by atoms with Crippen molar-refractivity contribution >= 4 is 5.97 Å². The molecule has 0 unspecified atom stereocenters. The summed E-state index contributed by atoms with van der Waals surface area (Å²) in [5, 5.41) is 0. The van der Waals surface area contributed by atoms with E-state index in [-0.39, 0.29) is 12.4 Å². The van der Waals surface area contributed by atoms with E-state index in [1.165, 1.54) is 0 Å². The molecule has 0 saturated heterocycles. The molecule has 0 rings (SSSR count). The Hall–Kier alpha value is -0.990. The maximum atomic E-state index is 10.8. The molecule has 0 N–H and O–H groups in total. The van der Waals surface area contributed by atoms with Gasteiger partial charge in [-0.3, -0.25) is 4.79 Å². The van der Waals surface area contributed by atoms with Crippen LogP contribution in [0.2, 0.25) is 0 Å². The van der Waals surface area contributed by atoms with Crippen LogP contribution in [0, 0.1) is 0 Å². The summed E-state index contributed by atoms with van der Waals surface area (Å²) in [6, 6.07) is 0. The van der Waals surface area contributed by atoms with E-state index in [1.54, 1.807) is 6.92 Å². The fourth-order valence-corrected chi connectivity index (χ4v) is 0.628. The maximum absolute atomic E-state index is 10.8. The highest BCUT2D eigenvalue weighted by molar-refractivity contribution is 5.71. The topological polar surface area (TPSA) is 35.5 Å². The summed E-state index contributed by atoms with van der Waals surface area (Å²) in [4.78, 5) is 10.8. The molecule has 0 atom stereocenters. The number of ether oxygens (including phenoxy) is 2. The van der Waals surface area contributed by atoms with Gasteiger partial charge in [0.2, 0.25) is 0 Å². The SMILES string of the molecule is C=C(CC(=O)OCC)OCC. The lowest BCUT2D eigenvalue weighted by molar-refractivity contribution is -0.142. The summed E-state index contributed by atoms with van der Waals surface area (Å²) in [6.45, 7) is 8.09. The Kier molecular flexibility index (Phi) is 5.25. The summed E-state index contributed by atoms with van der Waals surface area (Å²) in [5.74, 6) is 0.178. The number of esters is 1. The van der Waals surface area contributed by atoms with Crippen LogP contribution in [-0.2, 0) is 14.3 Å². The average molecular weight is 158 g/mol. The molecular weight excluding hydrogens is 144 g/mol. The van der Waals surface area contributed by atoms with Crippen molar-refractivity contribution < 1.29 is 14.3 Å². The van der Waals surface area contributed by atoms with Crippen LogP contribution in [0.4, 0.5) is 0 Å². The number of carbonyl (C=O) groups is 1. The van der Waals surface area contributed by atoms with Gasteiger partial charge in [-0.25, -0.2) is 0 Å². The third-order valence-electron chi connectivity index (χ3n) is 0.995.